The standard InChI is InChI=1S/C22H22N4O5/c1-12(27)23-9-16-10-26(22(29)31-16)15-5-6-17-13(7-15)3-2-4-18-20(24-25-21(17)18)14-8-19(28)30-11-14/h5-8,11,16,28H,2-4,9-10H2,1H3,(H,23,27)(H,24,25). The molecule has 3 N–H and O–H groups in total. The van der Waals surface area contributed by atoms with Crippen LogP contribution in [0, 0.1) is 0 Å². The summed E-state index contributed by atoms with van der Waals surface area (Å²) in [5, 5.41) is 19.8. The minimum absolute atomic E-state index is 0.139. The largest absolute Gasteiger partial charge is 0.481 e. The van der Waals surface area contributed by atoms with Crippen LogP contribution in [0.2, 0.25) is 0 Å². The van der Waals surface area contributed by atoms with E-state index >= 15 is 0 Å². The summed E-state index contributed by atoms with van der Waals surface area (Å²) < 4.78 is 10.4. The van der Waals surface area contributed by atoms with Crippen LogP contribution in [0.5, 0.6) is 5.95 Å². The number of H-pyrrole nitrogens is 1. The normalized spacial score (nSPS) is 17.6. The molecule has 1 aliphatic heterocycles. The number of carbonyl (C=O) groups excluding carboxylic acids is 2. The molecule has 1 aliphatic carbocycles. The van der Waals surface area contributed by atoms with Crippen molar-refractivity contribution in [2.24, 2.45) is 0 Å². The zero-order valence-corrected chi connectivity index (χ0v) is 17.0. The molecule has 0 saturated carbocycles. The molecule has 2 amide bonds. The van der Waals surface area contributed by atoms with E-state index in [4.69, 9.17) is 9.15 Å². The van der Waals surface area contributed by atoms with Gasteiger partial charge in [-0.05, 0) is 37.0 Å². The summed E-state index contributed by atoms with van der Waals surface area (Å²) in [4.78, 5) is 25.1. The summed E-state index contributed by atoms with van der Waals surface area (Å²) in [5.41, 5.74) is 6.49. The van der Waals surface area contributed by atoms with Crippen LogP contribution in [0.3, 0.4) is 0 Å². The number of aromatic amines is 1. The second-order valence-electron chi connectivity index (χ2n) is 7.85. The second-order valence-corrected chi connectivity index (χ2v) is 7.85. The Bertz CT molecular complexity index is 1160. The lowest BCUT2D eigenvalue weighted by atomic mass is 10.00. The first-order chi connectivity index (χ1) is 15.0. The highest BCUT2D eigenvalue weighted by Gasteiger charge is 2.33. The summed E-state index contributed by atoms with van der Waals surface area (Å²) in [5.74, 6) is -0.292. The lowest BCUT2D eigenvalue weighted by molar-refractivity contribution is -0.119. The van der Waals surface area contributed by atoms with Crippen LogP contribution >= 0.6 is 0 Å². The van der Waals surface area contributed by atoms with Crippen molar-refractivity contribution >= 4 is 17.7 Å². The van der Waals surface area contributed by atoms with E-state index in [-0.39, 0.29) is 18.0 Å². The monoisotopic (exact) mass is 422 g/mol. The van der Waals surface area contributed by atoms with Crippen molar-refractivity contribution in [2.45, 2.75) is 32.3 Å². The molecule has 2 aliphatic rings. The van der Waals surface area contributed by atoms with Crippen LogP contribution in [-0.2, 0) is 22.4 Å². The molecular weight excluding hydrogens is 400 g/mol. The van der Waals surface area contributed by atoms with Crippen LogP contribution in [0.4, 0.5) is 10.5 Å². The van der Waals surface area contributed by atoms with Gasteiger partial charge >= 0.3 is 6.09 Å². The zero-order chi connectivity index (χ0) is 21.5. The van der Waals surface area contributed by atoms with Gasteiger partial charge in [-0.2, -0.15) is 5.10 Å². The summed E-state index contributed by atoms with van der Waals surface area (Å²) >= 11 is 0. The smallest absolute Gasteiger partial charge is 0.414 e. The number of furan rings is 1. The number of ether oxygens (including phenoxy) is 1. The maximum absolute atomic E-state index is 12.4. The summed E-state index contributed by atoms with van der Waals surface area (Å²) in [6, 6.07) is 7.48. The molecule has 5 rings (SSSR count). The Morgan fingerprint density at radius 1 is 1.35 bits per heavy atom. The SMILES string of the molecule is CC(=O)NCC1CN(c2ccc3c(c2)CCCc2c(-c4coc(O)c4)n[nH]c2-3)C(=O)O1. The summed E-state index contributed by atoms with van der Waals surface area (Å²) in [7, 11) is 0. The molecule has 3 heterocycles. The molecule has 9 nitrogen and oxygen atoms in total. The van der Waals surface area contributed by atoms with Gasteiger partial charge in [-0.15, -0.1) is 0 Å². The fourth-order valence-corrected chi connectivity index (χ4v) is 4.27. The van der Waals surface area contributed by atoms with Crippen LogP contribution in [0.25, 0.3) is 22.5 Å². The molecule has 160 valence electrons. The Labute approximate surface area is 178 Å². The first-order valence-electron chi connectivity index (χ1n) is 10.2. The number of anilines is 1. The van der Waals surface area contributed by atoms with Crippen LogP contribution in [0.1, 0.15) is 24.5 Å². The van der Waals surface area contributed by atoms with E-state index in [0.717, 1.165) is 58.6 Å². The number of aromatic hydroxyl groups is 1. The predicted octanol–water partition coefficient (Wildman–Crippen LogP) is 2.99. The second kappa shape index (κ2) is 7.50. The summed E-state index contributed by atoms with van der Waals surface area (Å²) in [6.45, 7) is 2.12. The van der Waals surface area contributed by atoms with Gasteiger partial charge in [-0.3, -0.25) is 14.8 Å². The van der Waals surface area contributed by atoms with E-state index < -0.39 is 6.09 Å². The molecular formula is C22H22N4O5. The predicted molar refractivity (Wildman–Crippen MR) is 112 cm³/mol. The van der Waals surface area contributed by atoms with Crippen molar-refractivity contribution in [3.63, 3.8) is 0 Å². The number of nitrogens with one attached hydrogen (secondary N) is 2. The number of carbonyl (C=O) groups is 2. The Morgan fingerprint density at radius 2 is 2.23 bits per heavy atom. The molecule has 2 aromatic heterocycles. The van der Waals surface area contributed by atoms with E-state index in [9.17, 15) is 14.7 Å². The number of hydrogen-bond acceptors (Lipinski definition) is 6. The number of amides is 2. The first kappa shape index (κ1) is 19.2. The molecule has 1 unspecified atom stereocenters. The van der Waals surface area contributed by atoms with E-state index in [1.807, 2.05) is 18.2 Å². The van der Waals surface area contributed by atoms with Crippen molar-refractivity contribution in [2.75, 3.05) is 18.0 Å². The maximum Gasteiger partial charge on any atom is 0.414 e. The summed E-state index contributed by atoms with van der Waals surface area (Å²) in [6.07, 6.45) is 3.34. The fourth-order valence-electron chi connectivity index (χ4n) is 4.27. The van der Waals surface area contributed by atoms with Crippen molar-refractivity contribution < 1.29 is 23.8 Å². The van der Waals surface area contributed by atoms with Gasteiger partial charge in [0.05, 0.1) is 24.5 Å². The van der Waals surface area contributed by atoms with Gasteiger partial charge in [0, 0.05) is 35.4 Å². The lowest BCUT2D eigenvalue weighted by Crippen LogP contribution is -2.33. The molecule has 0 radical (unpaired) electrons. The molecule has 31 heavy (non-hydrogen) atoms. The average Bonchev–Trinajstić information content (AvgIpc) is 3.42. The van der Waals surface area contributed by atoms with Gasteiger partial charge in [-0.25, -0.2) is 4.79 Å². The number of fused-ring (bicyclic) bond motifs is 3. The van der Waals surface area contributed by atoms with Crippen molar-refractivity contribution in [3.05, 3.63) is 41.7 Å². The van der Waals surface area contributed by atoms with Gasteiger partial charge in [-0.1, -0.05) is 6.07 Å². The topological polar surface area (TPSA) is 121 Å². The van der Waals surface area contributed by atoms with Crippen LogP contribution in [0.15, 0.2) is 34.9 Å². The van der Waals surface area contributed by atoms with Gasteiger partial charge in [0.15, 0.2) is 0 Å². The fraction of sp³-hybridized carbons (Fsp3) is 0.318. The Kier molecular flexibility index (Phi) is 4.65. The third-order valence-electron chi connectivity index (χ3n) is 5.72. The number of aryl methyl sites for hydroxylation is 1. The number of cyclic esters (lactones) is 1. The molecule has 9 heteroatoms. The molecule has 1 aromatic carbocycles. The highest BCUT2D eigenvalue weighted by atomic mass is 16.6. The van der Waals surface area contributed by atoms with Crippen molar-refractivity contribution in [1.82, 2.24) is 15.5 Å². The molecule has 0 spiro atoms. The lowest BCUT2D eigenvalue weighted by Gasteiger charge is -2.16. The molecule has 1 saturated heterocycles. The number of hydrogen-bond donors (Lipinski definition) is 3. The zero-order valence-electron chi connectivity index (χ0n) is 17.0. The van der Waals surface area contributed by atoms with E-state index in [2.05, 4.69) is 15.5 Å². The Balaban J connectivity index is 1.43. The number of aromatic nitrogens is 2. The molecule has 3 aromatic rings. The minimum Gasteiger partial charge on any atom is -0.481 e. The highest BCUT2D eigenvalue weighted by molar-refractivity contribution is 5.91. The van der Waals surface area contributed by atoms with Crippen molar-refractivity contribution in [1.29, 1.82) is 0 Å². The van der Waals surface area contributed by atoms with Crippen molar-refractivity contribution in [3.8, 4) is 28.5 Å². The van der Waals surface area contributed by atoms with E-state index in [0.29, 0.717) is 13.1 Å². The van der Waals surface area contributed by atoms with Gasteiger partial charge < -0.3 is 19.6 Å². The average molecular weight is 422 g/mol. The third kappa shape index (κ3) is 3.52. The highest BCUT2D eigenvalue weighted by Crippen LogP contribution is 2.39. The third-order valence-corrected chi connectivity index (χ3v) is 5.72. The number of benzene rings is 1. The van der Waals surface area contributed by atoms with Gasteiger partial charge in [0.1, 0.15) is 12.4 Å². The minimum atomic E-state index is -0.409. The quantitative estimate of drug-likeness (QED) is 0.594. The maximum atomic E-state index is 12.4. The molecule has 0 bridgehead atoms. The molecule has 1 atom stereocenters. The molecule has 1 fully saturated rings. The van der Waals surface area contributed by atoms with Crippen LogP contribution < -0.4 is 10.2 Å². The Hall–Kier alpha value is -3.75. The van der Waals surface area contributed by atoms with E-state index in [1.54, 1.807) is 11.0 Å². The van der Waals surface area contributed by atoms with Gasteiger partial charge in [0.2, 0.25) is 5.91 Å². The van der Waals surface area contributed by atoms with Gasteiger partial charge in [0.25, 0.3) is 5.95 Å². The van der Waals surface area contributed by atoms with E-state index in [1.165, 1.54) is 13.2 Å². The number of nitrogens with zero attached hydrogens (tertiary/aromatic N) is 2. The first-order valence-corrected chi connectivity index (χ1v) is 10.2. The Morgan fingerprint density at radius 3 is 3.00 bits per heavy atom. The van der Waals surface area contributed by atoms with Crippen LogP contribution in [-0.4, -0.2) is 46.5 Å². The number of rotatable bonds is 4.